The zero-order valence-electron chi connectivity index (χ0n) is 8.91. The summed E-state index contributed by atoms with van der Waals surface area (Å²) in [5, 5.41) is 9.04. The Kier molecular flexibility index (Phi) is 2.83. The molecule has 1 aliphatic heterocycles. The fourth-order valence-corrected chi connectivity index (χ4v) is 1.85. The number of hydrogen-bond donors (Lipinski definition) is 1. The summed E-state index contributed by atoms with van der Waals surface area (Å²) in [7, 11) is 0. The maximum atomic E-state index is 11.1. The van der Waals surface area contributed by atoms with Crippen LogP contribution in [0.1, 0.15) is 27.2 Å². The van der Waals surface area contributed by atoms with Gasteiger partial charge in [0, 0.05) is 20.0 Å². The number of carboxylic acid groups (broad SMARTS) is 1. The summed E-state index contributed by atoms with van der Waals surface area (Å²) >= 11 is 0. The molecule has 1 aliphatic rings. The van der Waals surface area contributed by atoms with E-state index < -0.39 is 11.9 Å². The van der Waals surface area contributed by atoms with Gasteiger partial charge in [0.15, 0.2) is 0 Å². The lowest BCUT2D eigenvalue weighted by molar-refractivity contribution is -0.151. The van der Waals surface area contributed by atoms with Crippen LogP contribution >= 0.6 is 0 Å². The van der Waals surface area contributed by atoms with Crippen molar-refractivity contribution in [2.24, 2.45) is 11.3 Å². The Balaban J connectivity index is 2.77. The number of piperidine rings is 1. The highest BCUT2D eigenvalue weighted by Gasteiger charge is 2.40. The molecule has 4 nitrogen and oxygen atoms in total. The summed E-state index contributed by atoms with van der Waals surface area (Å²) in [6.07, 6.45) is 0.754. The highest BCUT2D eigenvalue weighted by atomic mass is 16.4. The Hall–Kier alpha value is -1.06. The first kappa shape index (κ1) is 11.0. The summed E-state index contributed by atoms with van der Waals surface area (Å²) in [6, 6.07) is 0. The molecule has 0 saturated carbocycles. The largest absolute Gasteiger partial charge is 0.481 e. The van der Waals surface area contributed by atoms with Gasteiger partial charge in [-0.1, -0.05) is 13.8 Å². The highest BCUT2D eigenvalue weighted by molar-refractivity contribution is 5.76. The van der Waals surface area contributed by atoms with Crippen LogP contribution < -0.4 is 0 Å². The van der Waals surface area contributed by atoms with Crippen LogP contribution in [0.5, 0.6) is 0 Å². The van der Waals surface area contributed by atoms with Gasteiger partial charge < -0.3 is 10.0 Å². The minimum atomic E-state index is -0.805. The normalized spacial score (nSPS) is 25.9. The van der Waals surface area contributed by atoms with Gasteiger partial charge in [-0.25, -0.2) is 0 Å². The standard InChI is InChI=1S/C10H17NO3/c1-7(12)11-5-4-10(2,3)8(6-11)9(13)14/h8H,4-6H2,1-3H3,(H,13,14). The van der Waals surface area contributed by atoms with Crippen LogP contribution in [0.15, 0.2) is 0 Å². The smallest absolute Gasteiger partial charge is 0.308 e. The second kappa shape index (κ2) is 3.59. The van der Waals surface area contributed by atoms with Crippen molar-refractivity contribution in [3.05, 3.63) is 0 Å². The van der Waals surface area contributed by atoms with Gasteiger partial charge >= 0.3 is 5.97 Å². The quantitative estimate of drug-likeness (QED) is 0.684. The van der Waals surface area contributed by atoms with E-state index in [1.807, 2.05) is 13.8 Å². The van der Waals surface area contributed by atoms with E-state index in [2.05, 4.69) is 0 Å². The molecule has 1 fully saturated rings. The zero-order chi connectivity index (χ0) is 10.9. The molecule has 0 bridgehead atoms. The van der Waals surface area contributed by atoms with E-state index in [1.54, 1.807) is 4.90 Å². The fraction of sp³-hybridized carbons (Fsp3) is 0.800. The van der Waals surface area contributed by atoms with Crippen LogP contribution in [-0.2, 0) is 9.59 Å². The van der Waals surface area contributed by atoms with Crippen LogP contribution in [0.3, 0.4) is 0 Å². The molecule has 1 N–H and O–H groups in total. The Labute approximate surface area is 83.9 Å². The molecule has 1 atom stereocenters. The molecule has 0 spiro atoms. The topological polar surface area (TPSA) is 57.6 Å². The first-order chi connectivity index (χ1) is 6.34. The maximum Gasteiger partial charge on any atom is 0.308 e. The van der Waals surface area contributed by atoms with E-state index >= 15 is 0 Å². The van der Waals surface area contributed by atoms with Crippen molar-refractivity contribution >= 4 is 11.9 Å². The highest BCUT2D eigenvalue weighted by Crippen LogP contribution is 2.35. The first-order valence-corrected chi connectivity index (χ1v) is 4.83. The molecule has 80 valence electrons. The Morgan fingerprint density at radius 1 is 1.43 bits per heavy atom. The molecular formula is C10H17NO3. The molecular weight excluding hydrogens is 182 g/mol. The first-order valence-electron chi connectivity index (χ1n) is 4.83. The second-order valence-corrected chi connectivity index (χ2v) is 4.59. The summed E-state index contributed by atoms with van der Waals surface area (Å²) in [4.78, 5) is 23.7. The van der Waals surface area contributed by atoms with Crippen molar-refractivity contribution < 1.29 is 14.7 Å². The molecule has 1 rings (SSSR count). The molecule has 1 saturated heterocycles. The van der Waals surface area contributed by atoms with E-state index in [0.717, 1.165) is 6.42 Å². The average Bonchev–Trinajstić information content (AvgIpc) is 2.02. The van der Waals surface area contributed by atoms with Crippen LogP contribution in [0, 0.1) is 11.3 Å². The minimum absolute atomic E-state index is 0.0354. The number of hydrogen-bond acceptors (Lipinski definition) is 2. The summed E-state index contributed by atoms with van der Waals surface area (Å²) in [6.45, 7) is 6.40. The van der Waals surface area contributed by atoms with Crippen molar-refractivity contribution in [3.8, 4) is 0 Å². The van der Waals surface area contributed by atoms with Gasteiger partial charge in [-0.3, -0.25) is 9.59 Å². The average molecular weight is 199 g/mol. The molecule has 0 aromatic heterocycles. The summed E-state index contributed by atoms with van der Waals surface area (Å²) in [5.41, 5.74) is -0.211. The SMILES string of the molecule is CC(=O)N1CCC(C)(C)C(C(=O)O)C1. The molecule has 4 heteroatoms. The third kappa shape index (κ3) is 2.05. The molecule has 0 aliphatic carbocycles. The van der Waals surface area contributed by atoms with Crippen molar-refractivity contribution in [2.75, 3.05) is 13.1 Å². The van der Waals surface area contributed by atoms with Gasteiger partial charge in [0.1, 0.15) is 0 Å². The van der Waals surface area contributed by atoms with E-state index in [1.165, 1.54) is 6.92 Å². The zero-order valence-corrected chi connectivity index (χ0v) is 8.91. The number of carbonyl (C=O) groups is 2. The monoisotopic (exact) mass is 199 g/mol. The van der Waals surface area contributed by atoms with E-state index in [9.17, 15) is 9.59 Å². The van der Waals surface area contributed by atoms with Crippen LogP contribution in [0.2, 0.25) is 0 Å². The van der Waals surface area contributed by atoms with Gasteiger partial charge in [-0.05, 0) is 11.8 Å². The van der Waals surface area contributed by atoms with Crippen LogP contribution in [0.4, 0.5) is 0 Å². The van der Waals surface area contributed by atoms with Gasteiger partial charge in [0.25, 0.3) is 0 Å². The number of amides is 1. The lowest BCUT2D eigenvalue weighted by Gasteiger charge is -2.41. The van der Waals surface area contributed by atoms with Crippen molar-refractivity contribution in [1.29, 1.82) is 0 Å². The van der Waals surface area contributed by atoms with E-state index in [4.69, 9.17) is 5.11 Å². The lowest BCUT2D eigenvalue weighted by Crippen LogP contribution is -2.49. The summed E-state index contributed by atoms with van der Waals surface area (Å²) in [5.74, 6) is -1.28. The van der Waals surface area contributed by atoms with E-state index in [0.29, 0.717) is 13.1 Å². The predicted molar refractivity (Wildman–Crippen MR) is 51.8 cm³/mol. The Morgan fingerprint density at radius 3 is 2.43 bits per heavy atom. The van der Waals surface area contributed by atoms with E-state index in [-0.39, 0.29) is 11.3 Å². The Bertz CT molecular complexity index is 260. The number of aliphatic carboxylic acids is 1. The van der Waals surface area contributed by atoms with Crippen molar-refractivity contribution in [1.82, 2.24) is 4.90 Å². The molecule has 1 heterocycles. The second-order valence-electron chi connectivity index (χ2n) is 4.59. The number of rotatable bonds is 1. The number of nitrogens with zero attached hydrogens (tertiary/aromatic N) is 1. The molecule has 0 aromatic rings. The molecule has 0 aromatic carbocycles. The fourth-order valence-electron chi connectivity index (χ4n) is 1.85. The summed E-state index contributed by atoms with van der Waals surface area (Å²) < 4.78 is 0. The van der Waals surface area contributed by atoms with Crippen molar-refractivity contribution in [3.63, 3.8) is 0 Å². The lowest BCUT2D eigenvalue weighted by atomic mass is 9.73. The minimum Gasteiger partial charge on any atom is -0.481 e. The van der Waals surface area contributed by atoms with Crippen LogP contribution in [0.25, 0.3) is 0 Å². The third-order valence-corrected chi connectivity index (χ3v) is 3.12. The number of likely N-dealkylation sites (tertiary alicyclic amines) is 1. The number of carbonyl (C=O) groups excluding carboxylic acids is 1. The molecule has 1 unspecified atom stereocenters. The van der Waals surface area contributed by atoms with Crippen LogP contribution in [-0.4, -0.2) is 35.0 Å². The predicted octanol–water partition coefficient (Wildman–Crippen LogP) is 0.966. The van der Waals surface area contributed by atoms with Gasteiger partial charge in [0.2, 0.25) is 5.91 Å². The maximum absolute atomic E-state index is 11.1. The van der Waals surface area contributed by atoms with Crippen molar-refractivity contribution in [2.45, 2.75) is 27.2 Å². The van der Waals surface area contributed by atoms with Gasteiger partial charge in [0.05, 0.1) is 5.92 Å². The van der Waals surface area contributed by atoms with Gasteiger partial charge in [-0.2, -0.15) is 0 Å². The molecule has 1 amide bonds. The van der Waals surface area contributed by atoms with Gasteiger partial charge in [-0.15, -0.1) is 0 Å². The Morgan fingerprint density at radius 2 is 2.00 bits per heavy atom. The number of carboxylic acids is 1. The third-order valence-electron chi connectivity index (χ3n) is 3.12. The molecule has 14 heavy (non-hydrogen) atoms. The molecule has 0 radical (unpaired) electrons.